The van der Waals surface area contributed by atoms with Gasteiger partial charge in [0, 0.05) is 39.6 Å². The number of amides is 8. The molecule has 0 saturated carbocycles. The molecular formula is C39H73N10O11+. The number of unbranched alkanes of at least 4 members (excludes halogenated alkanes) is 4. The maximum absolute atomic E-state index is 13.7. The third-order valence-electron chi connectivity index (χ3n) is 9.06. The van der Waals surface area contributed by atoms with Gasteiger partial charge in [0.05, 0.1) is 0 Å². The molecule has 4 atom stereocenters. The first kappa shape index (κ1) is 55.4. The summed E-state index contributed by atoms with van der Waals surface area (Å²) in [6, 6.07) is -3.03. The number of nitrogens with two attached hydrogens (primary N) is 1. The van der Waals surface area contributed by atoms with Crippen LogP contribution >= 0.6 is 0 Å². The van der Waals surface area contributed by atoms with Crippen LogP contribution < -0.4 is 54.0 Å². The molecule has 0 aromatic heterocycles. The molecule has 0 aliphatic heterocycles. The maximum Gasteiger partial charge on any atom is 0.331 e. The highest BCUT2D eigenvalue weighted by molar-refractivity contribution is 5.93. The topological polar surface area (TPSA) is 322 Å². The van der Waals surface area contributed by atoms with Crippen molar-refractivity contribution < 1.29 is 58.4 Å². The van der Waals surface area contributed by atoms with Crippen LogP contribution in [0.4, 0.5) is 0 Å². The number of ether oxygens (including phenoxy) is 2. The van der Waals surface area contributed by atoms with Crippen LogP contribution in [0.15, 0.2) is 0 Å². The number of hydrogen-bond acceptors (Lipinski definition) is 13. The molecule has 0 aliphatic carbocycles. The number of carbonyl (C=O) groups is 9. The lowest BCUT2D eigenvalue weighted by Crippen LogP contribution is -2.67. The van der Waals surface area contributed by atoms with E-state index in [1.807, 2.05) is 0 Å². The van der Waals surface area contributed by atoms with Crippen molar-refractivity contribution >= 4 is 53.5 Å². The molecule has 0 saturated heterocycles. The maximum atomic E-state index is 13.7. The second kappa shape index (κ2) is 34.2. The van der Waals surface area contributed by atoms with Crippen molar-refractivity contribution in [3.05, 3.63) is 0 Å². The fourth-order valence-corrected chi connectivity index (χ4v) is 5.85. The molecule has 0 fully saturated rings. The average molecular weight is 858 g/mol. The number of nitrogens with one attached hydrogen (secondary N) is 8. The molecule has 344 valence electrons. The number of likely N-dealkylation sites (N-methyl/N-ethyl adjacent to an activating group) is 1. The Hall–Kier alpha value is -4.57. The van der Waals surface area contributed by atoms with E-state index in [1.165, 1.54) is 6.92 Å². The molecule has 0 aliphatic rings. The average Bonchev–Trinajstić information content (AvgIpc) is 3.20. The van der Waals surface area contributed by atoms with Gasteiger partial charge in [-0.25, -0.2) is 4.79 Å². The van der Waals surface area contributed by atoms with Crippen LogP contribution in [0.5, 0.6) is 0 Å². The molecular weight excluding hydrogens is 784 g/mol. The molecule has 0 aromatic carbocycles. The molecule has 0 radical (unpaired) electrons. The van der Waals surface area contributed by atoms with Gasteiger partial charge in [-0.1, -0.05) is 6.92 Å². The molecule has 0 spiro atoms. The summed E-state index contributed by atoms with van der Waals surface area (Å²) in [6.07, 6.45) is 5.47. The molecule has 13 N–H and O–H groups in total. The molecule has 21 heteroatoms. The van der Waals surface area contributed by atoms with Gasteiger partial charge in [0.25, 0.3) is 0 Å². The normalized spacial score (nSPS) is 13.4. The lowest BCUT2D eigenvalue weighted by Gasteiger charge is -2.30. The highest BCUT2D eigenvalue weighted by Crippen LogP contribution is 2.12. The monoisotopic (exact) mass is 858 g/mol. The summed E-state index contributed by atoms with van der Waals surface area (Å²) in [4.78, 5) is 112. The molecule has 4 unspecified atom stereocenters. The smallest absolute Gasteiger partial charge is 0.331 e. The SMILES string of the molecule is CCNC(=O)COCC(=O)NCCCCC(NC(=O)CC)C(=O)NC(CCCCNC(C=O)(CCCCNC(=O)COCC)NC(C)=O)C(=O)NC(CCCCN)C([NH3+])=O. The number of carbonyl (C=O) groups excluding carboxylic acids is 9. The van der Waals surface area contributed by atoms with E-state index < -0.39 is 53.3 Å². The summed E-state index contributed by atoms with van der Waals surface area (Å²) in [7, 11) is 0. The molecule has 60 heavy (non-hydrogen) atoms. The standard InChI is InChI=1S/C39H72N10O11/c1-5-32(52)46-30(17-9-13-21-43-35(55)26-60-25-33(53)42-6-2)37(57)48-31(38(58)47-29(36(41)56)16-8-12-20-40)18-10-14-23-45-39(27-50,49-28(4)51)19-11-15-22-44-34(54)24-59-7-3/h27,29-31,45H,5-26,40H2,1-4H3,(H2,41,56)(H,42,53)(H,43,55)(H,44,54)(H,46,52)(H,47,58)(H,48,57)(H,49,51)/p+1. The van der Waals surface area contributed by atoms with Crippen LogP contribution in [0.2, 0.25) is 0 Å². The highest BCUT2D eigenvalue weighted by atomic mass is 16.5. The third kappa shape index (κ3) is 27.2. The lowest BCUT2D eigenvalue weighted by molar-refractivity contribution is -0.308. The Labute approximate surface area is 353 Å². The first-order valence-electron chi connectivity index (χ1n) is 21.1. The van der Waals surface area contributed by atoms with Gasteiger partial charge in [0.15, 0.2) is 6.29 Å². The van der Waals surface area contributed by atoms with Crippen LogP contribution in [0.1, 0.15) is 111 Å². The van der Waals surface area contributed by atoms with Gasteiger partial charge in [-0.3, -0.25) is 49.4 Å². The van der Waals surface area contributed by atoms with Crippen molar-refractivity contribution in [1.29, 1.82) is 0 Å². The predicted molar refractivity (Wildman–Crippen MR) is 221 cm³/mol. The van der Waals surface area contributed by atoms with Crippen molar-refractivity contribution in [1.82, 2.24) is 42.5 Å². The van der Waals surface area contributed by atoms with Crippen LogP contribution in [0.3, 0.4) is 0 Å². The minimum Gasteiger partial charge on any atom is -0.372 e. The van der Waals surface area contributed by atoms with E-state index in [9.17, 15) is 43.2 Å². The number of hydrogen-bond donors (Lipinski definition) is 10. The summed E-state index contributed by atoms with van der Waals surface area (Å²) >= 11 is 0. The minimum atomic E-state index is -1.37. The van der Waals surface area contributed by atoms with E-state index in [1.54, 1.807) is 20.8 Å². The lowest BCUT2D eigenvalue weighted by atomic mass is 10.0. The first-order chi connectivity index (χ1) is 28.7. The quantitative estimate of drug-likeness (QED) is 0.0173. The van der Waals surface area contributed by atoms with Crippen LogP contribution in [-0.2, 0) is 52.6 Å². The van der Waals surface area contributed by atoms with E-state index in [4.69, 9.17) is 15.2 Å². The van der Waals surface area contributed by atoms with Gasteiger partial charge < -0.3 is 52.4 Å². The molecule has 8 amide bonds. The molecule has 0 heterocycles. The Bertz CT molecular complexity index is 1340. The molecule has 21 nitrogen and oxygen atoms in total. The third-order valence-corrected chi connectivity index (χ3v) is 9.06. The highest BCUT2D eigenvalue weighted by Gasteiger charge is 2.31. The first-order valence-corrected chi connectivity index (χ1v) is 21.1. The summed E-state index contributed by atoms with van der Waals surface area (Å²) in [5.74, 6) is -3.53. The van der Waals surface area contributed by atoms with Gasteiger partial charge in [0.2, 0.25) is 41.4 Å². The molecule has 0 rings (SSSR count). The van der Waals surface area contributed by atoms with Gasteiger partial charge in [0.1, 0.15) is 43.6 Å². The Morgan fingerprint density at radius 2 is 1.13 bits per heavy atom. The number of aldehydes is 1. The van der Waals surface area contributed by atoms with Crippen LogP contribution in [-0.4, -0.2) is 136 Å². The van der Waals surface area contributed by atoms with E-state index in [0.29, 0.717) is 90.3 Å². The van der Waals surface area contributed by atoms with Crippen molar-refractivity contribution in [2.45, 2.75) is 135 Å². The zero-order valence-corrected chi connectivity index (χ0v) is 36.1. The van der Waals surface area contributed by atoms with Gasteiger partial charge in [-0.15, -0.1) is 0 Å². The Kier molecular flexibility index (Phi) is 31.6. The predicted octanol–water partition coefficient (Wildman–Crippen LogP) is -2.70. The summed E-state index contributed by atoms with van der Waals surface area (Å²) in [5, 5.41) is 21.9. The second-order valence-corrected chi connectivity index (χ2v) is 14.3. The van der Waals surface area contributed by atoms with Crippen LogP contribution in [0, 0.1) is 0 Å². The van der Waals surface area contributed by atoms with Crippen molar-refractivity contribution in [2.24, 2.45) is 5.73 Å². The zero-order chi connectivity index (χ0) is 45.2. The van der Waals surface area contributed by atoms with Gasteiger partial charge >= 0.3 is 5.91 Å². The summed E-state index contributed by atoms with van der Waals surface area (Å²) in [6.45, 7) is 8.02. The zero-order valence-electron chi connectivity index (χ0n) is 36.1. The Morgan fingerprint density at radius 3 is 1.65 bits per heavy atom. The van der Waals surface area contributed by atoms with Crippen molar-refractivity contribution in [2.75, 3.05) is 59.2 Å². The number of quaternary nitrogens is 1. The van der Waals surface area contributed by atoms with Crippen molar-refractivity contribution in [3.8, 4) is 0 Å². The van der Waals surface area contributed by atoms with E-state index in [2.05, 4.69) is 48.3 Å². The van der Waals surface area contributed by atoms with E-state index >= 15 is 0 Å². The Morgan fingerprint density at radius 1 is 0.633 bits per heavy atom. The van der Waals surface area contributed by atoms with Crippen molar-refractivity contribution in [3.63, 3.8) is 0 Å². The molecule has 0 aromatic rings. The summed E-state index contributed by atoms with van der Waals surface area (Å²) in [5.41, 5.74) is 7.71. The van der Waals surface area contributed by atoms with Gasteiger partial charge in [-0.05, 0) is 104 Å². The fourth-order valence-electron chi connectivity index (χ4n) is 5.85. The fraction of sp³-hybridized carbons (Fsp3) is 0.769. The number of rotatable bonds is 37. The summed E-state index contributed by atoms with van der Waals surface area (Å²) < 4.78 is 10.2. The van der Waals surface area contributed by atoms with Gasteiger partial charge in [-0.2, -0.15) is 0 Å². The molecule has 0 bridgehead atoms. The van der Waals surface area contributed by atoms with E-state index in [0.717, 1.165) is 0 Å². The second-order valence-electron chi connectivity index (χ2n) is 14.3. The van der Waals surface area contributed by atoms with E-state index in [-0.39, 0.29) is 76.3 Å². The van der Waals surface area contributed by atoms with Crippen LogP contribution in [0.25, 0.3) is 0 Å². The minimum absolute atomic E-state index is 0.0443. The Balaban J connectivity index is 5.65. The largest absolute Gasteiger partial charge is 0.372 e.